The largest absolute Gasteiger partial charge is 0.295 e. The van der Waals surface area contributed by atoms with Crippen LogP contribution in [0.3, 0.4) is 0 Å². The Morgan fingerprint density at radius 2 is 0.923 bits per heavy atom. The smallest absolute Gasteiger partial charge is 0.282 e. The maximum atomic E-state index is 13.0. The number of carbonyl (C=O) groups is 2. The Hall–Kier alpha value is -3.82. The number of azo groups is 2. The molecular weight excluding hydrogens is 735 g/mol. The van der Waals surface area contributed by atoms with Crippen LogP contribution in [0.1, 0.15) is 13.8 Å². The van der Waals surface area contributed by atoms with Crippen LogP contribution in [0.4, 0.5) is 22.7 Å². The van der Waals surface area contributed by atoms with Gasteiger partial charge < -0.3 is 0 Å². The van der Waals surface area contributed by atoms with Gasteiger partial charge in [-0.2, -0.15) is 57.5 Å². The molecule has 2 N–H and O–H groups in total. The number of nitrogens with zero attached hydrogens (tertiary/aromatic N) is 8. The molecule has 0 spiro atoms. The third-order valence-corrected chi connectivity index (χ3v) is 9.33. The summed E-state index contributed by atoms with van der Waals surface area (Å²) in [4.78, 5) is 24.5. The molecule has 0 aromatic heterocycles. The number of hydrogen-bond donors (Lipinski definition) is 2. The zero-order valence-electron chi connectivity index (χ0n) is 28.1. The average Bonchev–Trinajstić information content (AvgIpc) is 3.54. The molecule has 2 amide bonds. The Morgan fingerprint density at radius 3 is 1.25 bits per heavy atom. The van der Waals surface area contributed by atoms with Crippen molar-refractivity contribution in [1.82, 2.24) is 0 Å². The third kappa shape index (κ3) is 8.69. The van der Waals surface area contributed by atoms with Crippen molar-refractivity contribution in [3.63, 3.8) is 0 Å². The Kier molecular flexibility index (Phi) is 13.0. The molecule has 2 radical (unpaired) electrons. The molecule has 0 bridgehead atoms. The van der Waals surface area contributed by atoms with Gasteiger partial charge in [-0.15, -0.1) is 0 Å². The summed E-state index contributed by atoms with van der Waals surface area (Å²) in [6.45, 7) is 3.16. The molecule has 16 nitrogen and oxygen atoms in total. The number of anilines is 2. The first-order valence-corrected chi connectivity index (χ1v) is 17.5. The van der Waals surface area contributed by atoms with E-state index in [1.807, 2.05) is 0 Å². The first-order valence-electron chi connectivity index (χ1n) is 14.7. The predicted octanol–water partition coefficient (Wildman–Crippen LogP) is 4.84. The molecule has 0 fully saturated rings. The Morgan fingerprint density at radius 1 is 0.577 bits per heavy atom. The van der Waals surface area contributed by atoms with Crippen molar-refractivity contribution in [2.45, 2.75) is 35.7 Å². The summed E-state index contributed by atoms with van der Waals surface area (Å²) in [5.41, 5.74) is 0.888. The summed E-state index contributed by atoms with van der Waals surface area (Å²) < 4.78 is 70.3. The maximum absolute atomic E-state index is 13.0. The summed E-state index contributed by atoms with van der Waals surface area (Å²) in [5.74, 6) is -0.986. The van der Waals surface area contributed by atoms with Gasteiger partial charge in [0, 0.05) is 70.2 Å². The van der Waals surface area contributed by atoms with E-state index in [0.717, 1.165) is 24.3 Å². The van der Waals surface area contributed by atoms with Crippen molar-refractivity contribution in [2.24, 2.45) is 30.7 Å². The van der Waals surface area contributed by atoms with Crippen LogP contribution < -0.4 is 10.0 Å². The summed E-state index contributed by atoms with van der Waals surface area (Å²) in [6, 6.07) is 21.8. The molecule has 0 saturated carbocycles. The van der Waals surface area contributed by atoms with Crippen molar-refractivity contribution >= 4 is 125 Å². The average molecular weight is 761 g/mol. The number of hydrogen-bond acceptors (Lipinski definition) is 12. The second-order valence-corrected chi connectivity index (χ2v) is 13.8. The van der Waals surface area contributed by atoms with Crippen LogP contribution in [0.15, 0.2) is 138 Å². The number of carbonyl (C=O) groups excluding carboxylic acids is 2. The number of para-hydroxylation sites is 2. The molecule has 2 heterocycles. The van der Waals surface area contributed by atoms with Crippen LogP contribution in [0.2, 0.25) is 0 Å². The number of benzene rings is 4. The fraction of sp³-hybridized carbons (Fsp3) is 0.125. The van der Waals surface area contributed by atoms with Crippen molar-refractivity contribution in [3.8, 4) is 11.1 Å². The van der Waals surface area contributed by atoms with Crippen molar-refractivity contribution in [1.29, 1.82) is 0 Å². The van der Waals surface area contributed by atoms with E-state index in [1.54, 1.807) is 74.5 Å². The zero-order valence-corrected chi connectivity index (χ0v) is 33.8. The monoisotopic (exact) mass is 760 g/mol. The molecule has 4 aromatic rings. The van der Waals surface area contributed by atoms with Gasteiger partial charge in [-0.05, 0) is 62.4 Å². The molecule has 2 aliphatic rings. The van der Waals surface area contributed by atoms with Gasteiger partial charge in [0.2, 0.25) is 0 Å². The van der Waals surface area contributed by atoms with Gasteiger partial charge in [-0.25, -0.2) is 0 Å². The summed E-state index contributed by atoms with van der Waals surface area (Å²) in [6.07, 6.45) is 0. The molecule has 20 heteroatoms. The molecule has 0 saturated heterocycles. The van der Waals surface area contributed by atoms with Gasteiger partial charge in [0.15, 0.2) is 12.1 Å². The SMILES string of the molecule is CC1=NN(c2ccccc2)C(=O)C1N=Nc1ccc(-c2ccc(N=NC3C(=O)N(c4ccccc4)N=C3C)cc2S(=O)(=O)O)c(S(=O)(=O)O)c1.[Na].[Na]. The zero-order chi connectivity index (χ0) is 35.8. The normalized spacial score (nSPS) is 17.7. The van der Waals surface area contributed by atoms with E-state index in [2.05, 4.69) is 30.7 Å². The van der Waals surface area contributed by atoms with Crippen LogP contribution in [0.5, 0.6) is 0 Å². The molecule has 4 aromatic carbocycles. The molecular formula is C32H26N8Na2O8S2. The molecule has 2 aliphatic heterocycles. The van der Waals surface area contributed by atoms with E-state index >= 15 is 0 Å². The minimum atomic E-state index is -5.02. The Bertz CT molecular complexity index is 2210. The van der Waals surface area contributed by atoms with Gasteiger partial charge >= 0.3 is 0 Å². The van der Waals surface area contributed by atoms with Gasteiger partial charge in [0.1, 0.15) is 9.79 Å². The van der Waals surface area contributed by atoms with Crippen molar-refractivity contribution < 1.29 is 35.5 Å². The van der Waals surface area contributed by atoms with Crippen LogP contribution in [-0.2, 0) is 29.8 Å². The molecule has 256 valence electrons. The van der Waals surface area contributed by atoms with E-state index in [1.165, 1.54) is 22.2 Å². The number of hydrazone groups is 2. The molecule has 2 atom stereocenters. The van der Waals surface area contributed by atoms with Gasteiger partial charge in [0.25, 0.3) is 32.1 Å². The fourth-order valence-corrected chi connectivity index (χ4v) is 6.60. The predicted molar refractivity (Wildman–Crippen MR) is 194 cm³/mol. The van der Waals surface area contributed by atoms with Crippen LogP contribution in [-0.4, -0.2) is 120 Å². The maximum Gasteiger partial charge on any atom is 0.295 e. The van der Waals surface area contributed by atoms with E-state index in [-0.39, 0.29) is 81.6 Å². The van der Waals surface area contributed by atoms with E-state index in [4.69, 9.17) is 0 Å². The molecule has 0 aliphatic carbocycles. The van der Waals surface area contributed by atoms with Crippen LogP contribution in [0.25, 0.3) is 11.1 Å². The Balaban J connectivity index is 0.00000302. The van der Waals surface area contributed by atoms with E-state index < -0.39 is 53.9 Å². The Labute approximate surface area is 342 Å². The first-order chi connectivity index (χ1) is 23.7. The molecule has 52 heavy (non-hydrogen) atoms. The van der Waals surface area contributed by atoms with Crippen LogP contribution in [0, 0.1) is 0 Å². The number of rotatable bonds is 9. The van der Waals surface area contributed by atoms with E-state index in [9.17, 15) is 35.5 Å². The molecule has 2 unspecified atom stereocenters. The topological polar surface area (TPSA) is 224 Å². The second-order valence-electron chi connectivity index (χ2n) is 11.0. The van der Waals surface area contributed by atoms with Gasteiger partial charge in [-0.1, -0.05) is 48.5 Å². The minimum Gasteiger partial charge on any atom is -0.282 e. The van der Waals surface area contributed by atoms with Gasteiger partial charge in [0.05, 0.1) is 34.2 Å². The first kappa shape index (κ1) is 40.9. The second kappa shape index (κ2) is 16.5. The number of amides is 2. The van der Waals surface area contributed by atoms with Crippen molar-refractivity contribution in [2.75, 3.05) is 10.0 Å². The summed E-state index contributed by atoms with van der Waals surface area (Å²) >= 11 is 0. The molecule has 6 rings (SSSR count). The standard InChI is InChI=1S/C32H26N8O8S2.2Na/c1-19-29(31(41)39(37-19)23-9-5-3-6-10-23)35-33-21-13-15-25(27(17-21)49(43,44)45)26-16-14-22(18-28(26)50(46,47)48)34-36-30-20(2)38-40(32(30)42)24-11-7-4-8-12-24;;/h3-18,29-30H,1-2H3,(H,43,44,45)(H,46,47,48);;. The minimum absolute atomic E-state index is 0. The summed E-state index contributed by atoms with van der Waals surface area (Å²) in [7, 11) is -10.0. The quantitative estimate of drug-likeness (QED) is 0.136. The van der Waals surface area contributed by atoms with Crippen LogP contribution >= 0.6 is 0 Å². The van der Waals surface area contributed by atoms with E-state index in [0.29, 0.717) is 22.8 Å². The van der Waals surface area contributed by atoms with Crippen molar-refractivity contribution in [3.05, 3.63) is 97.1 Å². The summed E-state index contributed by atoms with van der Waals surface area (Å²) in [5, 5.41) is 26.9. The van der Waals surface area contributed by atoms with Gasteiger partial charge in [-0.3, -0.25) is 18.7 Å². The fourth-order valence-electron chi connectivity index (χ4n) is 5.15. The third-order valence-electron chi connectivity index (χ3n) is 7.55.